The molecule has 1 aliphatic heterocycles. The molecule has 5 rings (SSSR count). The van der Waals surface area contributed by atoms with Crippen LogP contribution in [0, 0.1) is 23.7 Å². The van der Waals surface area contributed by atoms with Gasteiger partial charge in [-0.2, -0.15) is 0 Å². The first-order chi connectivity index (χ1) is 10.0. The number of hydrogen-bond donors (Lipinski definition) is 1. The largest absolute Gasteiger partial charge is 0.382 e. The summed E-state index contributed by atoms with van der Waals surface area (Å²) in [6.45, 7) is 2.01. The minimum Gasteiger partial charge on any atom is -0.382 e. The van der Waals surface area contributed by atoms with Gasteiger partial charge in [0, 0.05) is 13.2 Å². The van der Waals surface area contributed by atoms with Crippen LogP contribution >= 0.6 is 0 Å². The van der Waals surface area contributed by atoms with Gasteiger partial charge in [0.05, 0.1) is 6.61 Å². The number of ether oxygens (including phenoxy) is 1. The van der Waals surface area contributed by atoms with Crippen LogP contribution in [0.5, 0.6) is 0 Å². The topological polar surface area (TPSA) is 58.6 Å². The van der Waals surface area contributed by atoms with E-state index in [1.54, 1.807) is 18.9 Å². The molecule has 4 bridgehead atoms. The second kappa shape index (κ2) is 4.45. The molecular weight excluding hydrogens is 268 g/mol. The molecule has 4 saturated carbocycles. The molecule has 0 aromatic heterocycles. The first-order valence-electron chi connectivity index (χ1n) is 8.16. The lowest BCUT2D eigenvalue weighted by Crippen LogP contribution is -2.58. The van der Waals surface area contributed by atoms with Gasteiger partial charge in [-0.15, -0.1) is 0 Å². The number of nitrogens with zero attached hydrogens (tertiary/aromatic N) is 1. The van der Waals surface area contributed by atoms with Crippen molar-refractivity contribution < 1.29 is 14.3 Å². The molecule has 5 aliphatic rings. The summed E-state index contributed by atoms with van der Waals surface area (Å²) in [4.78, 5) is 26.8. The highest BCUT2D eigenvalue weighted by molar-refractivity contribution is 6.07. The first-order valence-corrected chi connectivity index (χ1v) is 8.16. The fourth-order valence-electron chi connectivity index (χ4n) is 5.68. The van der Waals surface area contributed by atoms with Crippen LogP contribution in [-0.2, 0) is 9.53 Å². The van der Waals surface area contributed by atoms with Crippen LogP contribution in [0.25, 0.3) is 0 Å². The molecule has 1 unspecified atom stereocenters. The Balaban J connectivity index is 1.62. The molecule has 3 amide bonds. The summed E-state index contributed by atoms with van der Waals surface area (Å²) in [6, 6.07) is -0.0824. The van der Waals surface area contributed by atoms with Gasteiger partial charge in [-0.25, -0.2) is 4.79 Å². The van der Waals surface area contributed by atoms with Crippen molar-refractivity contribution in [3.63, 3.8) is 0 Å². The molecule has 1 N–H and O–H groups in total. The highest BCUT2D eigenvalue weighted by atomic mass is 16.5. The maximum atomic E-state index is 12.8. The van der Waals surface area contributed by atoms with Gasteiger partial charge in [0.25, 0.3) is 5.91 Å². The molecule has 5 fully saturated rings. The lowest BCUT2D eigenvalue weighted by Gasteiger charge is -2.55. The van der Waals surface area contributed by atoms with Crippen molar-refractivity contribution in [1.82, 2.24) is 10.2 Å². The van der Waals surface area contributed by atoms with Crippen molar-refractivity contribution >= 4 is 11.9 Å². The van der Waals surface area contributed by atoms with Gasteiger partial charge in [0.2, 0.25) is 0 Å². The van der Waals surface area contributed by atoms with E-state index in [4.69, 9.17) is 4.74 Å². The quantitative estimate of drug-likeness (QED) is 0.807. The predicted molar refractivity (Wildman–Crippen MR) is 76.5 cm³/mol. The van der Waals surface area contributed by atoms with Gasteiger partial charge in [0.15, 0.2) is 0 Å². The number of urea groups is 1. The van der Waals surface area contributed by atoms with Crippen LogP contribution in [0.2, 0.25) is 0 Å². The van der Waals surface area contributed by atoms with Crippen LogP contribution in [0.1, 0.15) is 39.0 Å². The van der Waals surface area contributed by atoms with Crippen molar-refractivity contribution in [2.45, 2.75) is 50.6 Å². The highest BCUT2D eigenvalue weighted by Gasteiger charge is 2.57. The molecule has 5 heteroatoms. The lowest BCUT2D eigenvalue weighted by atomic mass is 9.54. The van der Waals surface area contributed by atoms with Crippen LogP contribution in [0.15, 0.2) is 0 Å². The van der Waals surface area contributed by atoms with Crippen molar-refractivity contribution in [3.8, 4) is 0 Å². The maximum absolute atomic E-state index is 12.8. The van der Waals surface area contributed by atoms with E-state index in [1.807, 2.05) is 0 Å². The van der Waals surface area contributed by atoms with Gasteiger partial charge in [-0.1, -0.05) is 0 Å². The highest BCUT2D eigenvalue weighted by Crippen LogP contribution is 2.55. The molecule has 0 aromatic rings. The molecule has 4 aliphatic carbocycles. The number of carbonyl (C=O) groups is 2. The summed E-state index contributed by atoms with van der Waals surface area (Å²) < 4.78 is 5.14. The Hall–Kier alpha value is -1.10. The standard InChI is InChI=1S/C16H24N2O3/c1-16(8-21-2)14(19)18(15(20)17-16)13-11-4-9-3-10(6-11)7-12(13)5-9/h9-13H,3-8H2,1-2H3,(H,17,20). The van der Waals surface area contributed by atoms with E-state index in [-0.39, 0.29) is 24.6 Å². The Labute approximate surface area is 125 Å². The van der Waals surface area contributed by atoms with Gasteiger partial charge in [0.1, 0.15) is 5.54 Å². The third-order valence-electron chi connectivity index (χ3n) is 6.20. The minimum absolute atomic E-state index is 0.0909. The zero-order valence-electron chi connectivity index (χ0n) is 12.8. The molecule has 1 saturated heterocycles. The van der Waals surface area contributed by atoms with E-state index in [9.17, 15) is 9.59 Å². The van der Waals surface area contributed by atoms with Crippen molar-refractivity contribution in [2.24, 2.45) is 23.7 Å². The van der Waals surface area contributed by atoms with Gasteiger partial charge < -0.3 is 10.1 Å². The second-order valence-electron chi connectivity index (χ2n) is 7.79. The normalized spacial score (nSPS) is 48.1. The zero-order chi connectivity index (χ0) is 14.8. The summed E-state index contributed by atoms with van der Waals surface area (Å²) >= 11 is 0. The van der Waals surface area contributed by atoms with Crippen LogP contribution in [0.4, 0.5) is 4.79 Å². The summed E-state index contributed by atoms with van der Waals surface area (Å²) in [5, 5.41) is 2.85. The number of nitrogens with one attached hydrogen (secondary N) is 1. The molecule has 21 heavy (non-hydrogen) atoms. The molecule has 116 valence electrons. The summed E-state index contributed by atoms with van der Waals surface area (Å²) in [6.07, 6.45) is 6.19. The molecule has 0 aromatic carbocycles. The molecule has 0 spiro atoms. The van der Waals surface area contributed by atoms with Crippen LogP contribution < -0.4 is 5.32 Å². The summed E-state index contributed by atoms with van der Waals surface area (Å²) in [5.41, 5.74) is -0.888. The van der Waals surface area contributed by atoms with Crippen LogP contribution in [0.3, 0.4) is 0 Å². The van der Waals surface area contributed by atoms with Crippen LogP contribution in [-0.4, -0.2) is 42.1 Å². The van der Waals surface area contributed by atoms with Crippen molar-refractivity contribution in [1.29, 1.82) is 0 Å². The smallest absolute Gasteiger partial charge is 0.325 e. The number of carbonyl (C=O) groups excluding carboxylic acids is 2. The van der Waals surface area contributed by atoms with E-state index in [0.29, 0.717) is 11.8 Å². The summed E-state index contributed by atoms with van der Waals surface area (Å²) in [7, 11) is 1.57. The Morgan fingerprint density at radius 2 is 1.71 bits per heavy atom. The van der Waals surface area contributed by atoms with Gasteiger partial charge in [-0.3, -0.25) is 9.69 Å². The van der Waals surface area contributed by atoms with E-state index in [2.05, 4.69) is 5.32 Å². The van der Waals surface area contributed by atoms with E-state index < -0.39 is 5.54 Å². The van der Waals surface area contributed by atoms with Gasteiger partial charge >= 0.3 is 6.03 Å². The number of hydrogen-bond acceptors (Lipinski definition) is 3. The Kier molecular flexibility index (Phi) is 2.87. The molecule has 0 radical (unpaired) electrons. The Morgan fingerprint density at radius 3 is 2.24 bits per heavy atom. The predicted octanol–water partition coefficient (Wildman–Crippen LogP) is 1.77. The third kappa shape index (κ3) is 1.86. The SMILES string of the molecule is COCC1(C)NC(=O)N(C2C3CC4CC(C3)CC2C4)C1=O. The van der Waals surface area contributed by atoms with Gasteiger partial charge in [-0.05, 0) is 62.7 Å². The molecule has 1 heterocycles. The first kappa shape index (κ1) is 13.6. The van der Waals surface area contributed by atoms with E-state index in [0.717, 1.165) is 11.8 Å². The number of amides is 3. The average molecular weight is 292 g/mol. The fraction of sp³-hybridized carbons (Fsp3) is 0.875. The van der Waals surface area contributed by atoms with Crippen molar-refractivity contribution in [2.75, 3.05) is 13.7 Å². The average Bonchev–Trinajstić information content (AvgIpc) is 2.61. The van der Waals surface area contributed by atoms with E-state index in [1.165, 1.54) is 32.1 Å². The van der Waals surface area contributed by atoms with Crippen molar-refractivity contribution in [3.05, 3.63) is 0 Å². The van der Waals surface area contributed by atoms with E-state index >= 15 is 0 Å². The molecular formula is C16H24N2O3. The number of methoxy groups -OCH3 is 1. The lowest BCUT2D eigenvalue weighted by molar-refractivity contribution is -0.140. The second-order valence-corrected chi connectivity index (χ2v) is 7.79. The Bertz CT molecular complexity index is 464. The third-order valence-corrected chi connectivity index (χ3v) is 6.20. The molecule has 5 nitrogen and oxygen atoms in total. The number of rotatable bonds is 3. The zero-order valence-corrected chi connectivity index (χ0v) is 12.8. The maximum Gasteiger partial charge on any atom is 0.325 e. The minimum atomic E-state index is -0.888. The summed E-state index contributed by atoms with van der Waals surface area (Å²) in [5.74, 6) is 2.65. The Morgan fingerprint density at radius 1 is 1.14 bits per heavy atom. The fourth-order valence-corrected chi connectivity index (χ4v) is 5.68. The number of imide groups is 1. The monoisotopic (exact) mass is 292 g/mol. The molecule has 1 atom stereocenters.